The summed E-state index contributed by atoms with van der Waals surface area (Å²) in [6.45, 7) is 18.0. The standard InChI is InChI=1S/3C18H30O3S.C12H22O3.Ti/c3*1-2-3-4-5-6-7-8-9-10-11-12-17-13-15-18(16-14-17)22(19,20)21;1-4-7-14-10-12(6-3,9-13)11-15-8-5-2;/h3*13-16H,2-12H2,1H3,(H,19,20,21);4-5,13H,1-2,6-11H2,3H3;. The van der Waals surface area contributed by atoms with Crippen LogP contribution in [-0.2, 0) is 80.8 Å². The number of ether oxygens (including phenoxy) is 2. The fraction of sp³-hybridized carbons (Fsp3) is 0.667. The van der Waals surface area contributed by atoms with Crippen LogP contribution >= 0.6 is 0 Å². The first-order chi connectivity index (χ1) is 38.9. The Hall–Kier alpha value is -2.54. The van der Waals surface area contributed by atoms with E-state index in [-0.39, 0.29) is 48.4 Å². The molecule has 0 aliphatic carbocycles. The van der Waals surface area contributed by atoms with Crippen molar-refractivity contribution >= 4 is 30.4 Å². The zero-order chi connectivity index (χ0) is 60.4. The van der Waals surface area contributed by atoms with E-state index < -0.39 is 30.4 Å². The minimum atomic E-state index is -4.06. The summed E-state index contributed by atoms with van der Waals surface area (Å²) >= 11 is 0. The molecule has 0 unspecified atom stereocenters. The zero-order valence-corrected chi connectivity index (χ0v) is 55.4. The van der Waals surface area contributed by atoms with Gasteiger partial charge in [0.05, 0.1) is 47.7 Å². The van der Waals surface area contributed by atoms with E-state index >= 15 is 0 Å². The van der Waals surface area contributed by atoms with Crippen LogP contribution in [0.2, 0.25) is 0 Å². The molecule has 0 aliphatic heterocycles. The molecular weight excluding hydrogens is 1130 g/mol. The maximum absolute atomic E-state index is 10.9. The number of benzene rings is 3. The number of rotatable bonds is 46. The van der Waals surface area contributed by atoms with E-state index in [1.807, 2.05) is 6.92 Å². The molecule has 82 heavy (non-hydrogen) atoms. The van der Waals surface area contributed by atoms with E-state index in [1.165, 1.54) is 210 Å². The maximum atomic E-state index is 10.9. The molecule has 3 aromatic rings. The smallest absolute Gasteiger partial charge is 0.294 e. The molecule has 3 aromatic carbocycles. The zero-order valence-electron chi connectivity index (χ0n) is 51.4. The van der Waals surface area contributed by atoms with Gasteiger partial charge in [0.1, 0.15) is 0 Å². The van der Waals surface area contributed by atoms with E-state index in [9.17, 15) is 30.4 Å². The molecule has 16 heteroatoms. The van der Waals surface area contributed by atoms with E-state index in [4.69, 9.17) is 23.1 Å². The van der Waals surface area contributed by atoms with Gasteiger partial charge in [0.25, 0.3) is 30.4 Å². The fourth-order valence-corrected chi connectivity index (χ4v) is 10.5. The monoisotopic (exact) mass is 1240 g/mol. The Morgan fingerprint density at radius 2 is 0.585 bits per heavy atom. The fourth-order valence-electron chi connectivity index (χ4n) is 9.10. The Bertz CT molecular complexity index is 2040. The van der Waals surface area contributed by atoms with Crippen molar-refractivity contribution in [1.82, 2.24) is 0 Å². The molecule has 4 N–H and O–H groups in total. The first-order valence-electron chi connectivity index (χ1n) is 31.0. The summed E-state index contributed by atoms with van der Waals surface area (Å²) < 4.78 is 103. The normalized spacial score (nSPS) is 11.5. The van der Waals surface area contributed by atoms with Gasteiger partial charge in [-0.25, -0.2) is 0 Å². The summed E-state index contributed by atoms with van der Waals surface area (Å²) in [7, 11) is -12.2. The van der Waals surface area contributed by atoms with Crippen molar-refractivity contribution in [3.8, 4) is 0 Å². The minimum absolute atomic E-state index is 0. The molecule has 3 rings (SSSR count). The molecular formula is C66H112O12S3Ti. The number of hydrogen-bond acceptors (Lipinski definition) is 9. The summed E-state index contributed by atoms with van der Waals surface area (Å²) in [5.41, 5.74) is 3.09. The Morgan fingerprint density at radius 1 is 0.378 bits per heavy atom. The third-order valence-electron chi connectivity index (χ3n) is 14.5. The molecule has 0 spiro atoms. The van der Waals surface area contributed by atoms with Crippen LogP contribution in [0.5, 0.6) is 0 Å². The van der Waals surface area contributed by atoms with Crippen molar-refractivity contribution in [2.75, 3.05) is 33.0 Å². The number of aliphatic hydroxyl groups excluding tert-OH is 1. The third-order valence-corrected chi connectivity index (χ3v) is 17.1. The van der Waals surface area contributed by atoms with Crippen molar-refractivity contribution in [2.24, 2.45) is 5.41 Å². The van der Waals surface area contributed by atoms with Crippen LogP contribution in [0.25, 0.3) is 0 Å². The Morgan fingerprint density at radius 3 is 0.756 bits per heavy atom. The van der Waals surface area contributed by atoms with E-state index in [2.05, 4.69) is 33.9 Å². The van der Waals surface area contributed by atoms with Crippen molar-refractivity contribution in [1.29, 1.82) is 0 Å². The van der Waals surface area contributed by atoms with Gasteiger partial charge < -0.3 is 14.6 Å². The molecule has 0 fully saturated rings. The maximum Gasteiger partial charge on any atom is 0.294 e. The van der Waals surface area contributed by atoms with Crippen molar-refractivity contribution in [3.63, 3.8) is 0 Å². The number of unbranched alkanes of at least 4 members (excludes halogenated alkanes) is 27. The SMILES string of the molecule is C=CCOCC(CC)(CO)COCC=C.CCCCCCCCCCCCc1ccc(S(=O)(=O)O)cc1.CCCCCCCCCCCCc1ccc(S(=O)(=O)O)cc1.CCCCCCCCCCCCc1ccc(S(=O)(=O)O)cc1.[Ti]. The number of aliphatic hydroxyl groups is 1. The Balaban J connectivity index is 0. The number of aryl methyl sites for hydroxylation is 3. The summed E-state index contributed by atoms with van der Waals surface area (Å²) in [6.07, 6.45) is 46.6. The van der Waals surface area contributed by atoms with E-state index in [1.54, 1.807) is 48.6 Å². The summed E-state index contributed by atoms with van der Waals surface area (Å²) in [5.74, 6) is 0. The molecule has 0 atom stereocenters. The minimum Gasteiger partial charge on any atom is -0.396 e. The molecule has 0 heterocycles. The second kappa shape index (κ2) is 52.8. The molecule has 470 valence electrons. The van der Waals surface area contributed by atoms with Crippen LogP contribution in [0.4, 0.5) is 0 Å². The summed E-state index contributed by atoms with van der Waals surface area (Å²) in [4.78, 5) is -0.0852. The molecule has 0 amide bonds. The molecule has 0 bridgehead atoms. The van der Waals surface area contributed by atoms with Gasteiger partial charge in [0.2, 0.25) is 0 Å². The second-order valence-electron chi connectivity index (χ2n) is 21.8. The van der Waals surface area contributed by atoms with Crippen molar-refractivity contribution in [3.05, 3.63) is 115 Å². The van der Waals surface area contributed by atoms with Gasteiger partial charge in [0.15, 0.2) is 0 Å². The average Bonchev–Trinajstić information content (AvgIpc) is 3.51. The predicted molar refractivity (Wildman–Crippen MR) is 337 cm³/mol. The van der Waals surface area contributed by atoms with Gasteiger partial charge in [0, 0.05) is 27.1 Å². The average molecular weight is 1240 g/mol. The van der Waals surface area contributed by atoms with Crippen LogP contribution in [0.3, 0.4) is 0 Å². The molecule has 0 aliphatic rings. The van der Waals surface area contributed by atoms with Gasteiger partial charge in [-0.2, -0.15) is 25.3 Å². The molecule has 0 saturated heterocycles. The number of hydrogen-bond donors (Lipinski definition) is 4. The largest absolute Gasteiger partial charge is 0.396 e. The first-order valence-corrected chi connectivity index (χ1v) is 35.4. The van der Waals surface area contributed by atoms with Crippen LogP contribution in [0, 0.1) is 5.41 Å². The van der Waals surface area contributed by atoms with Gasteiger partial charge in [-0.15, -0.1) is 13.2 Å². The Kier molecular flexibility index (Phi) is 52.5. The van der Waals surface area contributed by atoms with Crippen LogP contribution < -0.4 is 0 Å². The van der Waals surface area contributed by atoms with E-state index in [0.29, 0.717) is 26.4 Å². The van der Waals surface area contributed by atoms with Crippen molar-refractivity contribution < 1.29 is 75.2 Å². The molecule has 0 saturated carbocycles. The Labute approximate surface area is 516 Å². The molecule has 12 nitrogen and oxygen atoms in total. The van der Waals surface area contributed by atoms with E-state index in [0.717, 1.165) is 61.6 Å². The molecule has 0 aromatic heterocycles. The summed E-state index contributed by atoms with van der Waals surface area (Å²) in [5, 5.41) is 9.36. The third kappa shape index (κ3) is 45.8. The van der Waals surface area contributed by atoms with Gasteiger partial charge in [-0.05, 0) is 98.0 Å². The van der Waals surface area contributed by atoms with Crippen LogP contribution in [0.15, 0.2) is 113 Å². The topological polar surface area (TPSA) is 202 Å². The van der Waals surface area contributed by atoms with Crippen molar-refractivity contribution in [2.45, 2.75) is 261 Å². The van der Waals surface area contributed by atoms with Gasteiger partial charge >= 0.3 is 0 Å². The van der Waals surface area contributed by atoms with Gasteiger partial charge in [-0.1, -0.05) is 250 Å². The van der Waals surface area contributed by atoms with Crippen LogP contribution in [-0.4, -0.2) is 77.1 Å². The van der Waals surface area contributed by atoms with Gasteiger partial charge in [-0.3, -0.25) is 13.7 Å². The predicted octanol–water partition coefficient (Wildman–Crippen LogP) is 18.0. The quantitative estimate of drug-likeness (QED) is 0.0181. The molecule has 0 radical (unpaired) electrons. The second-order valence-corrected chi connectivity index (χ2v) is 26.0. The first kappa shape index (κ1) is 81.5. The van der Waals surface area contributed by atoms with Crippen LogP contribution in [0.1, 0.15) is 243 Å². The summed E-state index contributed by atoms with van der Waals surface area (Å²) in [6, 6.07) is 19.6.